The molecule has 0 radical (unpaired) electrons. The number of amides is 1. The van der Waals surface area contributed by atoms with Crippen molar-refractivity contribution in [2.45, 2.75) is 25.9 Å². The summed E-state index contributed by atoms with van der Waals surface area (Å²) in [4.78, 5) is 16.6. The number of hydrogen-bond acceptors (Lipinski definition) is 6. The molecule has 1 aromatic carbocycles. The molecular weight excluding hydrogens is 386 g/mol. The Morgan fingerprint density at radius 2 is 1.97 bits per heavy atom. The minimum absolute atomic E-state index is 0.0317. The molecule has 0 aliphatic heterocycles. The van der Waals surface area contributed by atoms with Gasteiger partial charge in [-0.3, -0.25) is 14.3 Å². The van der Waals surface area contributed by atoms with E-state index in [-0.39, 0.29) is 11.7 Å². The summed E-state index contributed by atoms with van der Waals surface area (Å²) in [5.74, 6) is 1.95. The Labute approximate surface area is 174 Å². The lowest BCUT2D eigenvalue weighted by Gasteiger charge is -2.14. The maximum atomic E-state index is 12.2. The standard InChI is InChI=1S/C21H25N5O2S/c1-4-28-18-11-6-5-10-17(18)26-20(16-9-7-8-12-22-16)24-25-21(26)29-14-19(27)23-13-15(2)3/h5-12,15H,4,13-14H2,1-3H3,(H,23,27). The van der Waals surface area contributed by atoms with Crippen LogP contribution in [0.4, 0.5) is 0 Å². The van der Waals surface area contributed by atoms with Crippen molar-refractivity contribution in [3.05, 3.63) is 48.7 Å². The van der Waals surface area contributed by atoms with Crippen LogP contribution in [-0.2, 0) is 4.79 Å². The topological polar surface area (TPSA) is 81.9 Å². The second kappa shape index (κ2) is 10.1. The van der Waals surface area contributed by atoms with Gasteiger partial charge in [-0.05, 0) is 37.1 Å². The zero-order valence-corrected chi connectivity index (χ0v) is 17.6. The molecule has 0 aliphatic carbocycles. The van der Waals surface area contributed by atoms with Gasteiger partial charge in [-0.25, -0.2) is 0 Å². The van der Waals surface area contributed by atoms with Crippen LogP contribution in [0.25, 0.3) is 17.2 Å². The van der Waals surface area contributed by atoms with Crippen molar-refractivity contribution in [2.75, 3.05) is 18.9 Å². The summed E-state index contributed by atoms with van der Waals surface area (Å²) in [6, 6.07) is 13.4. The molecule has 2 aromatic heterocycles. The van der Waals surface area contributed by atoms with Gasteiger partial charge in [0.1, 0.15) is 11.4 Å². The lowest BCUT2D eigenvalue weighted by Crippen LogP contribution is -2.28. The highest BCUT2D eigenvalue weighted by atomic mass is 32.2. The fraction of sp³-hybridized carbons (Fsp3) is 0.333. The molecule has 0 saturated heterocycles. The summed E-state index contributed by atoms with van der Waals surface area (Å²) in [7, 11) is 0. The summed E-state index contributed by atoms with van der Waals surface area (Å²) in [6.45, 7) is 7.26. The number of rotatable bonds is 9. The quantitative estimate of drug-likeness (QED) is 0.542. The van der Waals surface area contributed by atoms with Gasteiger partial charge in [0.2, 0.25) is 5.91 Å². The molecule has 0 spiro atoms. The highest BCUT2D eigenvalue weighted by molar-refractivity contribution is 7.99. The van der Waals surface area contributed by atoms with Crippen molar-refractivity contribution in [3.8, 4) is 23.0 Å². The highest BCUT2D eigenvalue weighted by Gasteiger charge is 2.20. The van der Waals surface area contributed by atoms with Gasteiger partial charge in [-0.2, -0.15) is 0 Å². The molecular formula is C21H25N5O2S. The monoisotopic (exact) mass is 411 g/mol. The first-order valence-corrected chi connectivity index (χ1v) is 10.6. The van der Waals surface area contributed by atoms with E-state index < -0.39 is 0 Å². The van der Waals surface area contributed by atoms with E-state index in [1.165, 1.54) is 11.8 Å². The summed E-state index contributed by atoms with van der Waals surface area (Å²) in [5.41, 5.74) is 1.51. The van der Waals surface area contributed by atoms with Crippen molar-refractivity contribution in [2.24, 2.45) is 5.92 Å². The minimum atomic E-state index is -0.0317. The number of aromatic nitrogens is 4. The molecule has 152 valence electrons. The molecule has 8 heteroatoms. The Morgan fingerprint density at radius 1 is 1.17 bits per heavy atom. The second-order valence-electron chi connectivity index (χ2n) is 6.74. The summed E-state index contributed by atoms with van der Waals surface area (Å²) in [5, 5.41) is 12.2. The first kappa shape index (κ1) is 20.9. The van der Waals surface area contributed by atoms with E-state index >= 15 is 0 Å². The highest BCUT2D eigenvalue weighted by Crippen LogP contribution is 2.31. The van der Waals surface area contributed by atoms with Crippen LogP contribution in [0.3, 0.4) is 0 Å². The third kappa shape index (κ3) is 5.35. The van der Waals surface area contributed by atoms with Crippen LogP contribution in [0.1, 0.15) is 20.8 Å². The zero-order chi connectivity index (χ0) is 20.6. The average molecular weight is 412 g/mol. The lowest BCUT2D eigenvalue weighted by molar-refractivity contribution is -0.118. The van der Waals surface area contributed by atoms with Gasteiger partial charge in [0.25, 0.3) is 0 Å². The van der Waals surface area contributed by atoms with Crippen LogP contribution in [0.5, 0.6) is 5.75 Å². The molecule has 0 unspecified atom stereocenters. The van der Waals surface area contributed by atoms with E-state index in [0.717, 1.165) is 11.4 Å². The van der Waals surface area contributed by atoms with Gasteiger partial charge < -0.3 is 10.1 Å². The molecule has 29 heavy (non-hydrogen) atoms. The van der Waals surface area contributed by atoms with Gasteiger partial charge >= 0.3 is 0 Å². The van der Waals surface area contributed by atoms with Crippen molar-refractivity contribution < 1.29 is 9.53 Å². The predicted molar refractivity (Wildman–Crippen MR) is 114 cm³/mol. The second-order valence-corrected chi connectivity index (χ2v) is 7.69. The van der Waals surface area contributed by atoms with E-state index in [1.807, 2.05) is 54.0 Å². The third-order valence-corrected chi connectivity index (χ3v) is 4.90. The van der Waals surface area contributed by atoms with Gasteiger partial charge in [-0.1, -0.05) is 43.8 Å². The van der Waals surface area contributed by atoms with Crippen molar-refractivity contribution in [1.82, 2.24) is 25.1 Å². The minimum Gasteiger partial charge on any atom is -0.492 e. The fourth-order valence-electron chi connectivity index (χ4n) is 2.66. The third-order valence-electron chi connectivity index (χ3n) is 3.97. The van der Waals surface area contributed by atoms with Crippen LogP contribution in [-0.4, -0.2) is 44.6 Å². The SMILES string of the molecule is CCOc1ccccc1-n1c(SCC(=O)NCC(C)C)nnc1-c1ccccn1. The van der Waals surface area contributed by atoms with Gasteiger partial charge in [0, 0.05) is 12.7 Å². The molecule has 0 fully saturated rings. The molecule has 3 aromatic rings. The summed E-state index contributed by atoms with van der Waals surface area (Å²) in [6.07, 6.45) is 1.72. The van der Waals surface area contributed by atoms with E-state index in [9.17, 15) is 4.79 Å². The zero-order valence-electron chi connectivity index (χ0n) is 16.8. The van der Waals surface area contributed by atoms with E-state index in [1.54, 1.807) is 6.20 Å². The Morgan fingerprint density at radius 3 is 2.69 bits per heavy atom. The van der Waals surface area contributed by atoms with Gasteiger partial charge in [0.15, 0.2) is 11.0 Å². The van der Waals surface area contributed by atoms with Crippen molar-refractivity contribution >= 4 is 17.7 Å². The Bertz CT molecular complexity index is 943. The Kier molecular flexibility index (Phi) is 7.24. The van der Waals surface area contributed by atoms with Crippen LogP contribution in [0.2, 0.25) is 0 Å². The Hall–Kier alpha value is -2.87. The van der Waals surface area contributed by atoms with Gasteiger partial charge in [-0.15, -0.1) is 10.2 Å². The molecule has 0 saturated carbocycles. The number of para-hydroxylation sites is 2. The molecule has 2 heterocycles. The van der Waals surface area contributed by atoms with Crippen molar-refractivity contribution in [3.63, 3.8) is 0 Å². The normalized spacial score (nSPS) is 10.9. The smallest absolute Gasteiger partial charge is 0.230 e. The maximum Gasteiger partial charge on any atom is 0.230 e. The molecule has 1 N–H and O–H groups in total. The van der Waals surface area contributed by atoms with E-state index in [2.05, 4.69) is 34.3 Å². The first-order chi connectivity index (χ1) is 14.1. The van der Waals surface area contributed by atoms with Gasteiger partial charge in [0.05, 0.1) is 18.0 Å². The molecule has 0 atom stereocenters. The van der Waals surface area contributed by atoms with E-state index in [4.69, 9.17) is 4.74 Å². The lowest BCUT2D eigenvalue weighted by atomic mass is 10.2. The van der Waals surface area contributed by atoms with Crippen LogP contribution in [0.15, 0.2) is 53.8 Å². The van der Waals surface area contributed by atoms with Crippen LogP contribution in [0, 0.1) is 5.92 Å². The molecule has 0 aliphatic rings. The average Bonchev–Trinajstić information content (AvgIpc) is 3.16. The number of hydrogen-bond donors (Lipinski definition) is 1. The Balaban J connectivity index is 1.96. The molecule has 0 bridgehead atoms. The predicted octanol–water partition coefficient (Wildman–Crippen LogP) is 3.59. The van der Waals surface area contributed by atoms with Crippen LogP contribution < -0.4 is 10.1 Å². The number of nitrogens with one attached hydrogen (secondary N) is 1. The summed E-state index contributed by atoms with van der Waals surface area (Å²) >= 11 is 1.34. The number of carbonyl (C=O) groups is 1. The number of benzene rings is 1. The number of nitrogens with zero attached hydrogens (tertiary/aromatic N) is 4. The van der Waals surface area contributed by atoms with Crippen LogP contribution >= 0.6 is 11.8 Å². The molecule has 3 rings (SSSR count). The molecule has 7 nitrogen and oxygen atoms in total. The summed E-state index contributed by atoms with van der Waals surface area (Å²) < 4.78 is 7.71. The number of ether oxygens (including phenoxy) is 1. The fourth-order valence-corrected chi connectivity index (χ4v) is 3.43. The molecule has 1 amide bonds. The maximum absolute atomic E-state index is 12.2. The van der Waals surface area contributed by atoms with Crippen molar-refractivity contribution in [1.29, 1.82) is 0 Å². The van der Waals surface area contributed by atoms with E-state index in [0.29, 0.717) is 35.7 Å². The number of thioether (sulfide) groups is 1. The number of pyridine rings is 1. The first-order valence-electron chi connectivity index (χ1n) is 9.58. The largest absolute Gasteiger partial charge is 0.492 e. The number of carbonyl (C=O) groups excluding carboxylic acids is 1.